The number of nitrogens with two attached hydrogens (primary N) is 1. The summed E-state index contributed by atoms with van der Waals surface area (Å²) in [7, 11) is 0. The zero-order valence-electron chi connectivity index (χ0n) is 14.2. The molecule has 0 atom stereocenters. The number of ether oxygens (including phenoxy) is 1. The molecule has 0 saturated carbocycles. The number of hydrogen-bond acceptors (Lipinski definition) is 4. The van der Waals surface area contributed by atoms with Gasteiger partial charge in [-0.2, -0.15) is 0 Å². The van der Waals surface area contributed by atoms with E-state index in [1.165, 1.54) is 4.90 Å². The smallest absolute Gasteiger partial charge is 0.407 e. The number of likely N-dealkylation sites (tertiary alicyclic amines) is 1. The van der Waals surface area contributed by atoms with Crippen LogP contribution in [0.25, 0.3) is 0 Å². The summed E-state index contributed by atoms with van der Waals surface area (Å²) in [5, 5.41) is 11.8. The lowest BCUT2D eigenvalue weighted by molar-refractivity contribution is 0.0894. The van der Waals surface area contributed by atoms with Crippen LogP contribution in [-0.4, -0.2) is 41.2 Å². The summed E-state index contributed by atoms with van der Waals surface area (Å²) < 4.78 is 5.89. The first-order valence-corrected chi connectivity index (χ1v) is 8.43. The molecule has 1 aliphatic heterocycles. The second-order valence-corrected chi connectivity index (χ2v) is 6.15. The molecule has 2 aromatic carbocycles. The third-order valence-corrected chi connectivity index (χ3v) is 4.33. The fraction of sp³-hybridized carbons (Fsp3) is 0.263. The standard InChI is InChI=1S/C19H21N3O4/c20-17-4-2-1-3-16(17)18(23)21-13-5-7-14(8-6-13)26-15-9-11-22(12-10-15)19(24)25/h1-8,15H,9-12,20H2,(H,21,23)(H,24,25). The van der Waals surface area contributed by atoms with Gasteiger partial charge in [0.25, 0.3) is 5.91 Å². The fourth-order valence-electron chi connectivity index (χ4n) is 2.88. The Bertz CT molecular complexity index is 784. The predicted molar refractivity (Wildman–Crippen MR) is 98.5 cm³/mol. The van der Waals surface area contributed by atoms with Gasteiger partial charge >= 0.3 is 6.09 Å². The van der Waals surface area contributed by atoms with Gasteiger partial charge in [-0.1, -0.05) is 12.1 Å². The Morgan fingerprint density at radius 1 is 1.08 bits per heavy atom. The van der Waals surface area contributed by atoms with Gasteiger partial charge in [-0.25, -0.2) is 4.79 Å². The van der Waals surface area contributed by atoms with Crippen LogP contribution in [0.15, 0.2) is 48.5 Å². The van der Waals surface area contributed by atoms with Gasteiger partial charge in [-0.3, -0.25) is 4.79 Å². The summed E-state index contributed by atoms with van der Waals surface area (Å²) in [6.07, 6.45) is 0.439. The Labute approximate surface area is 151 Å². The van der Waals surface area contributed by atoms with E-state index in [1.54, 1.807) is 48.5 Å². The van der Waals surface area contributed by atoms with Gasteiger partial charge < -0.3 is 25.8 Å². The van der Waals surface area contributed by atoms with E-state index in [9.17, 15) is 9.59 Å². The minimum atomic E-state index is -0.886. The third-order valence-electron chi connectivity index (χ3n) is 4.33. The molecule has 0 spiro atoms. The molecule has 1 heterocycles. The molecule has 136 valence electrons. The number of amides is 2. The first kappa shape index (κ1) is 17.6. The maximum absolute atomic E-state index is 12.2. The van der Waals surface area contributed by atoms with E-state index in [0.29, 0.717) is 48.6 Å². The van der Waals surface area contributed by atoms with Crippen LogP contribution < -0.4 is 15.8 Å². The minimum Gasteiger partial charge on any atom is -0.490 e. The predicted octanol–water partition coefficient (Wildman–Crippen LogP) is 3.04. The number of anilines is 2. The van der Waals surface area contributed by atoms with Crippen molar-refractivity contribution in [3.8, 4) is 5.75 Å². The third kappa shape index (κ3) is 4.24. The van der Waals surface area contributed by atoms with Crippen molar-refractivity contribution in [1.82, 2.24) is 4.90 Å². The Hall–Kier alpha value is -3.22. The lowest BCUT2D eigenvalue weighted by Gasteiger charge is -2.30. The van der Waals surface area contributed by atoms with Crippen molar-refractivity contribution in [2.24, 2.45) is 0 Å². The number of piperidine rings is 1. The van der Waals surface area contributed by atoms with Gasteiger partial charge in [0, 0.05) is 37.3 Å². The summed E-state index contributed by atoms with van der Waals surface area (Å²) in [6.45, 7) is 0.958. The van der Waals surface area contributed by atoms with Crippen LogP contribution in [0.1, 0.15) is 23.2 Å². The van der Waals surface area contributed by atoms with Crippen LogP contribution in [-0.2, 0) is 0 Å². The van der Waals surface area contributed by atoms with Crippen molar-refractivity contribution in [3.05, 3.63) is 54.1 Å². The second kappa shape index (κ2) is 7.77. The van der Waals surface area contributed by atoms with E-state index in [1.807, 2.05) is 0 Å². The molecular formula is C19H21N3O4. The second-order valence-electron chi connectivity index (χ2n) is 6.15. The Balaban J connectivity index is 1.55. The van der Waals surface area contributed by atoms with Gasteiger partial charge in [0.15, 0.2) is 0 Å². The number of rotatable bonds is 4. The number of benzene rings is 2. The van der Waals surface area contributed by atoms with Crippen LogP contribution in [0.5, 0.6) is 5.75 Å². The zero-order valence-corrected chi connectivity index (χ0v) is 14.2. The highest BCUT2D eigenvalue weighted by molar-refractivity contribution is 6.07. The maximum atomic E-state index is 12.2. The topological polar surface area (TPSA) is 105 Å². The van der Waals surface area contributed by atoms with Gasteiger partial charge in [-0.15, -0.1) is 0 Å². The molecule has 0 aliphatic carbocycles. The maximum Gasteiger partial charge on any atom is 0.407 e. The Morgan fingerprint density at radius 3 is 2.35 bits per heavy atom. The highest BCUT2D eigenvalue weighted by Crippen LogP contribution is 2.22. The summed E-state index contributed by atoms with van der Waals surface area (Å²) in [5.41, 5.74) is 7.31. The molecule has 2 aromatic rings. The number of para-hydroxylation sites is 1. The van der Waals surface area contributed by atoms with Gasteiger partial charge in [0.05, 0.1) is 5.56 Å². The molecule has 7 heteroatoms. The van der Waals surface area contributed by atoms with Gasteiger partial charge in [0.1, 0.15) is 11.9 Å². The summed E-state index contributed by atoms with van der Waals surface area (Å²) in [5.74, 6) is 0.425. The molecule has 7 nitrogen and oxygen atoms in total. The average molecular weight is 355 g/mol. The van der Waals surface area contributed by atoms with Gasteiger partial charge in [0.2, 0.25) is 0 Å². The minimum absolute atomic E-state index is 0.00448. The molecule has 1 fully saturated rings. The first-order chi connectivity index (χ1) is 12.5. The van der Waals surface area contributed by atoms with E-state index in [-0.39, 0.29) is 12.0 Å². The normalized spacial score (nSPS) is 14.7. The molecule has 2 amide bonds. The zero-order chi connectivity index (χ0) is 18.5. The number of nitrogens with zero attached hydrogens (tertiary/aromatic N) is 1. The largest absolute Gasteiger partial charge is 0.490 e. The van der Waals surface area contributed by atoms with E-state index >= 15 is 0 Å². The molecular weight excluding hydrogens is 334 g/mol. The van der Waals surface area contributed by atoms with Crippen molar-refractivity contribution in [2.75, 3.05) is 24.1 Å². The molecule has 1 saturated heterocycles. The number of hydrogen-bond donors (Lipinski definition) is 3. The number of carboxylic acid groups (broad SMARTS) is 1. The molecule has 0 aromatic heterocycles. The number of carbonyl (C=O) groups is 2. The van der Waals surface area contributed by atoms with Crippen molar-refractivity contribution < 1.29 is 19.4 Å². The summed E-state index contributed by atoms with van der Waals surface area (Å²) in [4.78, 5) is 24.6. The monoisotopic (exact) mass is 355 g/mol. The first-order valence-electron chi connectivity index (χ1n) is 8.43. The molecule has 0 radical (unpaired) electrons. The van der Waals surface area contributed by atoms with Crippen LogP contribution in [0, 0.1) is 0 Å². The van der Waals surface area contributed by atoms with Crippen molar-refractivity contribution >= 4 is 23.4 Å². The number of nitrogens with one attached hydrogen (secondary N) is 1. The van der Waals surface area contributed by atoms with E-state index < -0.39 is 6.09 Å². The van der Waals surface area contributed by atoms with Crippen molar-refractivity contribution in [2.45, 2.75) is 18.9 Å². The molecule has 4 N–H and O–H groups in total. The Kier molecular flexibility index (Phi) is 5.26. The number of nitrogen functional groups attached to an aromatic ring is 1. The van der Waals surface area contributed by atoms with Gasteiger partial charge in [-0.05, 0) is 36.4 Å². The number of carbonyl (C=O) groups excluding carboxylic acids is 1. The highest BCUT2D eigenvalue weighted by atomic mass is 16.5. The molecule has 0 unspecified atom stereocenters. The molecule has 26 heavy (non-hydrogen) atoms. The quantitative estimate of drug-likeness (QED) is 0.731. The highest BCUT2D eigenvalue weighted by Gasteiger charge is 2.23. The molecule has 3 rings (SSSR count). The average Bonchev–Trinajstić information content (AvgIpc) is 2.64. The van der Waals surface area contributed by atoms with Crippen LogP contribution in [0.4, 0.5) is 16.2 Å². The van der Waals surface area contributed by atoms with Crippen LogP contribution in [0.2, 0.25) is 0 Å². The fourth-order valence-corrected chi connectivity index (χ4v) is 2.88. The lowest BCUT2D eigenvalue weighted by atomic mass is 10.1. The molecule has 1 aliphatic rings. The van der Waals surface area contributed by atoms with E-state index in [0.717, 1.165) is 0 Å². The Morgan fingerprint density at radius 2 is 1.73 bits per heavy atom. The van der Waals surface area contributed by atoms with Crippen molar-refractivity contribution in [1.29, 1.82) is 0 Å². The van der Waals surface area contributed by atoms with E-state index in [2.05, 4.69) is 5.32 Å². The van der Waals surface area contributed by atoms with Crippen LogP contribution in [0.3, 0.4) is 0 Å². The summed E-state index contributed by atoms with van der Waals surface area (Å²) in [6, 6.07) is 14.0. The molecule has 0 bridgehead atoms. The lowest BCUT2D eigenvalue weighted by Crippen LogP contribution is -2.41. The van der Waals surface area contributed by atoms with E-state index in [4.69, 9.17) is 15.6 Å². The van der Waals surface area contributed by atoms with Crippen LogP contribution >= 0.6 is 0 Å². The van der Waals surface area contributed by atoms with Crippen molar-refractivity contribution in [3.63, 3.8) is 0 Å². The SMILES string of the molecule is Nc1ccccc1C(=O)Nc1ccc(OC2CCN(C(=O)O)CC2)cc1. The summed E-state index contributed by atoms with van der Waals surface area (Å²) >= 11 is 0.